The summed E-state index contributed by atoms with van der Waals surface area (Å²) in [6.45, 7) is 3.86. The van der Waals surface area contributed by atoms with Gasteiger partial charge in [0, 0.05) is 48.6 Å². The highest BCUT2D eigenvalue weighted by Crippen LogP contribution is 2.22. The van der Waals surface area contributed by atoms with E-state index >= 15 is 0 Å². The Morgan fingerprint density at radius 2 is 1.88 bits per heavy atom. The van der Waals surface area contributed by atoms with Crippen molar-refractivity contribution in [2.45, 2.75) is 0 Å². The fourth-order valence-electron chi connectivity index (χ4n) is 2.94. The molecule has 0 aromatic heterocycles. The first-order valence-corrected chi connectivity index (χ1v) is 8.68. The summed E-state index contributed by atoms with van der Waals surface area (Å²) < 4.78 is 5.28. The number of hydrogen-bond acceptors (Lipinski definition) is 4. The van der Waals surface area contributed by atoms with Crippen molar-refractivity contribution in [3.63, 3.8) is 0 Å². The topological polar surface area (TPSA) is 44.8 Å². The summed E-state index contributed by atoms with van der Waals surface area (Å²) in [5.41, 5.74) is 1.88. The molecule has 1 heterocycles. The SMILES string of the molecule is COc1cccc(N2CCN(CC(=O)Nc3cccc(Cl)c3)CC2)c1. The van der Waals surface area contributed by atoms with Crippen LogP contribution in [-0.2, 0) is 4.79 Å². The van der Waals surface area contributed by atoms with Gasteiger partial charge in [0.25, 0.3) is 0 Å². The number of methoxy groups -OCH3 is 1. The van der Waals surface area contributed by atoms with Gasteiger partial charge in [0.15, 0.2) is 0 Å². The van der Waals surface area contributed by atoms with Gasteiger partial charge in [-0.25, -0.2) is 0 Å². The first-order valence-electron chi connectivity index (χ1n) is 8.31. The van der Waals surface area contributed by atoms with Gasteiger partial charge in [-0.1, -0.05) is 23.7 Å². The van der Waals surface area contributed by atoms with E-state index in [1.807, 2.05) is 30.3 Å². The molecule has 0 spiro atoms. The molecule has 2 aromatic carbocycles. The summed E-state index contributed by atoms with van der Waals surface area (Å²) in [5, 5.41) is 3.51. The fraction of sp³-hybridized carbons (Fsp3) is 0.316. The Labute approximate surface area is 153 Å². The van der Waals surface area contributed by atoms with E-state index in [9.17, 15) is 4.79 Å². The number of hydrogen-bond donors (Lipinski definition) is 1. The van der Waals surface area contributed by atoms with Crippen LogP contribution in [0.15, 0.2) is 48.5 Å². The van der Waals surface area contributed by atoms with Crippen molar-refractivity contribution in [3.8, 4) is 5.75 Å². The lowest BCUT2D eigenvalue weighted by atomic mass is 10.2. The van der Waals surface area contributed by atoms with Crippen LogP contribution in [-0.4, -0.2) is 50.6 Å². The minimum Gasteiger partial charge on any atom is -0.497 e. The molecule has 5 nitrogen and oxygen atoms in total. The van der Waals surface area contributed by atoms with Crippen molar-refractivity contribution >= 4 is 28.9 Å². The average molecular weight is 360 g/mol. The largest absolute Gasteiger partial charge is 0.497 e. The number of benzene rings is 2. The molecular formula is C19H22ClN3O2. The highest BCUT2D eigenvalue weighted by molar-refractivity contribution is 6.30. The maximum atomic E-state index is 12.2. The number of halogens is 1. The molecule has 25 heavy (non-hydrogen) atoms. The van der Waals surface area contributed by atoms with Gasteiger partial charge in [-0.3, -0.25) is 9.69 Å². The van der Waals surface area contributed by atoms with Crippen molar-refractivity contribution in [1.82, 2.24) is 4.90 Å². The number of rotatable bonds is 5. The molecule has 1 N–H and O–H groups in total. The van der Waals surface area contributed by atoms with Crippen molar-refractivity contribution in [2.75, 3.05) is 50.1 Å². The lowest BCUT2D eigenvalue weighted by Crippen LogP contribution is -2.48. The molecule has 0 atom stereocenters. The maximum absolute atomic E-state index is 12.2. The van der Waals surface area contributed by atoms with Crippen LogP contribution in [0.3, 0.4) is 0 Å². The first-order chi connectivity index (χ1) is 12.1. The summed E-state index contributed by atoms with van der Waals surface area (Å²) in [5.74, 6) is 0.845. The zero-order valence-corrected chi connectivity index (χ0v) is 15.0. The summed E-state index contributed by atoms with van der Waals surface area (Å²) in [7, 11) is 1.68. The van der Waals surface area contributed by atoms with E-state index in [4.69, 9.17) is 16.3 Å². The number of piperazine rings is 1. The molecule has 0 saturated carbocycles. The Balaban J connectivity index is 1.49. The Kier molecular flexibility index (Phi) is 5.79. The third-order valence-corrected chi connectivity index (χ3v) is 4.50. The lowest BCUT2D eigenvalue weighted by molar-refractivity contribution is -0.117. The predicted molar refractivity (Wildman–Crippen MR) is 102 cm³/mol. The molecule has 0 radical (unpaired) electrons. The number of nitrogens with one attached hydrogen (secondary N) is 1. The number of ether oxygens (including phenoxy) is 1. The van der Waals surface area contributed by atoms with Crippen LogP contribution < -0.4 is 15.0 Å². The van der Waals surface area contributed by atoms with Gasteiger partial charge in [-0.2, -0.15) is 0 Å². The molecule has 2 aromatic rings. The lowest BCUT2D eigenvalue weighted by Gasteiger charge is -2.35. The number of anilines is 2. The van der Waals surface area contributed by atoms with Crippen LogP contribution in [0.5, 0.6) is 5.75 Å². The van der Waals surface area contributed by atoms with Crippen molar-refractivity contribution in [2.24, 2.45) is 0 Å². The highest BCUT2D eigenvalue weighted by Gasteiger charge is 2.19. The maximum Gasteiger partial charge on any atom is 0.238 e. The molecule has 1 aliphatic heterocycles. The zero-order valence-electron chi connectivity index (χ0n) is 14.2. The van der Waals surface area contributed by atoms with E-state index in [0.29, 0.717) is 11.6 Å². The molecule has 3 rings (SSSR count). The second kappa shape index (κ2) is 8.23. The Morgan fingerprint density at radius 3 is 2.60 bits per heavy atom. The van der Waals surface area contributed by atoms with Crippen molar-refractivity contribution in [1.29, 1.82) is 0 Å². The molecule has 0 unspecified atom stereocenters. The van der Waals surface area contributed by atoms with E-state index in [-0.39, 0.29) is 5.91 Å². The van der Waals surface area contributed by atoms with Gasteiger partial charge in [-0.15, -0.1) is 0 Å². The summed E-state index contributed by atoms with van der Waals surface area (Å²) in [6, 6.07) is 15.3. The van der Waals surface area contributed by atoms with Crippen LogP contribution in [0.1, 0.15) is 0 Å². The summed E-state index contributed by atoms with van der Waals surface area (Å²) >= 11 is 5.94. The number of carbonyl (C=O) groups is 1. The van der Waals surface area contributed by atoms with Crippen molar-refractivity contribution in [3.05, 3.63) is 53.6 Å². The van der Waals surface area contributed by atoms with Crippen LogP contribution >= 0.6 is 11.6 Å². The second-order valence-electron chi connectivity index (χ2n) is 6.02. The Bertz CT molecular complexity index is 730. The number of carbonyl (C=O) groups excluding carboxylic acids is 1. The quantitative estimate of drug-likeness (QED) is 0.891. The molecule has 0 aliphatic carbocycles. The normalized spacial score (nSPS) is 15.0. The van der Waals surface area contributed by atoms with Crippen LogP contribution in [0.2, 0.25) is 5.02 Å². The zero-order chi connectivity index (χ0) is 17.6. The standard InChI is InChI=1S/C19H22ClN3O2/c1-25-18-7-3-6-17(13-18)23-10-8-22(9-11-23)14-19(24)21-16-5-2-4-15(20)12-16/h2-7,12-13H,8-11,14H2,1H3,(H,21,24). The van der Waals surface area contributed by atoms with Crippen LogP contribution in [0, 0.1) is 0 Å². The third kappa shape index (κ3) is 4.87. The smallest absolute Gasteiger partial charge is 0.238 e. The Morgan fingerprint density at radius 1 is 1.12 bits per heavy atom. The minimum absolute atomic E-state index is 0.0166. The van der Waals surface area contributed by atoms with Gasteiger partial charge in [-0.05, 0) is 30.3 Å². The first kappa shape index (κ1) is 17.6. The van der Waals surface area contributed by atoms with Gasteiger partial charge < -0.3 is 15.0 Å². The molecule has 6 heteroatoms. The molecule has 1 saturated heterocycles. The molecular weight excluding hydrogens is 338 g/mol. The van der Waals surface area contributed by atoms with Gasteiger partial charge in [0.2, 0.25) is 5.91 Å². The van der Waals surface area contributed by atoms with E-state index in [2.05, 4.69) is 21.2 Å². The van der Waals surface area contributed by atoms with Gasteiger partial charge in [0.1, 0.15) is 5.75 Å². The third-order valence-electron chi connectivity index (χ3n) is 4.27. The monoisotopic (exact) mass is 359 g/mol. The van der Waals surface area contributed by atoms with E-state index in [1.54, 1.807) is 19.2 Å². The minimum atomic E-state index is -0.0166. The van der Waals surface area contributed by atoms with Crippen LogP contribution in [0.4, 0.5) is 11.4 Å². The average Bonchev–Trinajstić information content (AvgIpc) is 2.62. The molecule has 1 aliphatic rings. The second-order valence-corrected chi connectivity index (χ2v) is 6.46. The fourth-order valence-corrected chi connectivity index (χ4v) is 3.13. The predicted octanol–water partition coefficient (Wildman–Crippen LogP) is 3.11. The van der Waals surface area contributed by atoms with E-state index in [0.717, 1.165) is 43.3 Å². The van der Waals surface area contributed by atoms with Gasteiger partial charge >= 0.3 is 0 Å². The molecule has 1 fully saturated rings. The van der Waals surface area contributed by atoms with Crippen molar-refractivity contribution < 1.29 is 9.53 Å². The summed E-state index contributed by atoms with van der Waals surface area (Å²) in [4.78, 5) is 16.7. The summed E-state index contributed by atoms with van der Waals surface area (Å²) in [6.07, 6.45) is 0. The number of amides is 1. The molecule has 0 bridgehead atoms. The highest BCUT2D eigenvalue weighted by atomic mass is 35.5. The number of nitrogens with zero attached hydrogens (tertiary/aromatic N) is 2. The van der Waals surface area contributed by atoms with E-state index < -0.39 is 0 Å². The van der Waals surface area contributed by atoms with Crippen LogP contribution in [0.25, 0.3) is 0 Å². The van der Waals surface area contributed by atoms with E-state index in [1.165, 1.54) is 0 Å². The molecule has 1 amide bonds. The molecule has 132 valence electrons. The van der Waals surface area contributed by atoms with Gasteiger partial charge in [0.05, 0.1) is 13.7 Å². The Hall–Kier alpha value is -2.24.